The van der Waals surface area contributed by atoms with E-state index in [-0.39, 0.29) is 12.4 Å². The number of halogens is 1. The van der Waals surface area contributed by atoms with Crippen LogP contribution >= 0.6 is 12.4 Å². The number of nitrogens with two attached hydrogens (primary N) is 1. The normalized spacial score (nSPS) is 9.75. The van der Waals surface area contributed by atoms with E-state index >= 15 is 0 Å². The zero-order valence-electron chi connectivity index (χ0n) is 6.58. The van der Waals surface area contributed by atoms with Gasteiger partial charge in [0.05, 0.1) is 0 Å². The molecule has 2 rings (SSSR count). The highest BCUT2D eigenvalue weighted by atomic mass is 35.5. The Kier molecular flexibility index (Phi) is 2.74. The number of fused-ring (bicyclic) bond motifs is 1. The number of aromatic amines is 1. The van der Waals surface area contributed by atoms with E-state index in [1.54, 1.807) is 0 Å². The fraction of sp³-hybridized carbons (Fsp3) is 0.111. The molecule has 0 unspecified atom stereocenters. The Morgan fingerprint density at radius 1 is 1.25 bits per heavy atom. The van der Waals surface area contributed by atoms with Gasteiger partial charge in [-0.3, -0.25) is 0 Å². The van der Waals surface area contributed by atoms with Crippen LogP contribution in [0.1, 0.15) is 5.69 Å². The average Bonchev–Trinajstić information content (AvgIpc) is 2.46. The first kappa shape index (κ1) is 9.10. The largest absolute Gasteiger partial charge is 0.357 e. The highest BCUT2D eigenvalue weighted by Gasteiger charge is 1.95. The molecule has 0 aliphatic heterocycles. The third kappa shape index (κ3) is 1.44. The Hall–Kier alpha value is -0.990. The van der Waals surface area contributed by atoms with Crippen LogP contribution in [0.4, 0.5) is 0 Å². The zero-order valence-corrected chi connectivity index (χ0v) is 7.40. The molecule has 0 saturated heterocycles. The molecule has 1 aromatic heterocycles. The van der Waals surface area contributed by atoms with Gasteiger partial charge >= 0.3 is 0 Å². The van der Waals surface area contributed by atoms with Gasteiger partial charge in [-0.1, -0.05) is 18.2 Å². The zero-order chi connectivity index (χ0) is 7.68. The monoisotopic (exact) mass is 182 g/mol. The molecule has 64 valence electrons. The van der Waals surface area contributed by atoms with Gasteiger partial charge < -0.3 is 10.7 Å². The summed E-state index contributed by atoms with van der Waals surface area (Å²) in [6.07, 6.45) is 0. The Balaban J connectivity index is 0.000000720. The van der Waals surface area contributed by atoms with Crippen molar-refractivity contribution >= 4 is 23.3 Å². The van der Waals surface area contributed by atoms with E-state index in [2.05, 4.69) is 23.2 Å². The van der Waals surface area contributed by atoms with Crippen LogP contribution in [0.5, 0.6) is 0 Å². The molecule has 0 bridgehead atoms. The van der Waals surface area contributed by atoms with Crippen LogP contribution in [0.3, 0.4) is 0 Å². The number of benzene rings is 1. The molecule has 0 atom stereocenters. The second kappa shape index (κ2) is 3.61. The number of hydrogen-bond donors (Lipinski definition) is 2. The standard InChI is InChI=1S/C9H10N2.ClH/c10-6-8-5-7-3-1-2-4-9(7)11-8;/h1-5,11H,6,10H2;1H. The van der Waals surface area contributed by atoms with Crippen LogP contribution < -0.4 is 5.73 Å². The molecule has 0 aliphatic carbocycles. The number of para-hydroxylation sites is 1. The molecule has 1 heterocycles. The highest BCUT2D eigenvalue weighted by molar-refractivity contribution is 5.85. The highest BCUT2D eigenvalue weighted by Crippen LogP contribution is 2.13. The second-order valence-electron chi connectivity index (χ2n) is 2.59. The summed E-state index contributed by atoms with van der Waals surface area (Å²) in [5, 5.41) is 1.23. The van der Waals surface area contributed by atoms with Crippen LogP contribution in [-0.4, -0.2) is 4.98 Å². The van der Waals surface area contributed by atoms with E-state index in [0.29, 0.717) is 6.54 Å². The van der Waals surface area contributed by atoms with Gasteiger partial charge in [-0.15, -0.1) is 12.4 Å². The van der Waals surface area contributed by atoms with Crippen LogP contribution in [0, 0.1) is 0 Å². The van der Waals surface area contributed by atoms with Crippen molar-refractivity contribution in [1.29, 1.82) is 0 Å². The van der Waals surface area contributed by atoms with Crippen molar-refractivity contribution < 1.29 is 0 Å². The van der Waals surface area contributed by atoms with Gasteiger partial charge in [0.2, 0.25) is 0 Å². The van der Waals surface area contributed by atoms with Crippen LogP contribution in [-0.2, 0) is 6.54 Å². The lowest BCUT2D eigenvalue weighted by Gasteiger charge is -1.85. The van der Waals surface area contributed by atoms with Crippen LogP contribution in [0.15, 0.2) is 30.3 Å². The minimum atomic E-state index is 0. The van der Waals surface area contributed by atoms with E-state index in [1.807, 2.05) is 12.1 Å². The fourth-order valence-electron chi connectivity index (χ4n) is 1.24. The Morgan fingerprint density at radius 3 is 2.67 bits per heavy atom. The molecule has 0 spiro atoms. The van der Waals surface area contributed by atoms with Crippen molar-refractivity contribution in [3.8, 4) is 0 Å². The number of hydrogen-bond acceptors (Lipinski definition) is 1. The average molecular weight is 183 g/mol. The molecule has 3 heteroatoms. The van der Waals surface area contributed by atoms with Crippen molar-refractivity contribution in [2.45, 2.75) is 6.54 Å². The topological polar surface area (TPSA) is 41.8 Å². The minimum Gasteiger partial charge on any atom is -0.357 e. The van der Waals surface area contributed by atoms with Gasteiger partial charge in [0.1, 0.15) is 0 Å². The molecule has 2 aromatic rings. The van der Waals surface area contributed by atoms with Crippen molar-refractivity contribution in [3.05, 3.63) is 36.0 Å². The maximum absolute atomic E-state index is 5.48. The summed E-state index contributed by atoms with van der Waals surface area (Å²) in [7, 11) is 0. The lowest BCUT2D eigenvalue weighted by molar-refractivity contribution is 1.02. The van der Waals surface area contributed by atoms with Crippen molar-refractivity contribution in [1.82, 2.24) is 4.98 Å². The smallest absolute Gasteiger partial charge is 0.0456 e. The third-order valence-corrected chi connectivity index (χ3v) is 1.81. The van der Waals surface area contributed by atoms with Crippen LogP contribution in [0.25, 0.3) is 10.9 Å². The number of nitrogens with one attached hydrogen (secondary N) is 1. The van der Waals surface area contributed by atoms with Gasteiger partial charge in [-0.2, -0.15) is 0 Å². The predicted molar refractivity (Wildman–Crippen MR) is 53.4 cm³/mol. The number of aromatic nitrogens is 1. The quantitative estimate of drug-likeness (QED) is 0.697. The lowest BCUT2D eigenvalue weighted by Crippen LogP contribution is -1.94. The Bertz CT molecular complexity index is 334. The SMILES string of the molecule is Cl.NCc1cc2ccccc2[nH]1. The van der Waals surface area contributed by atoms with Gasteiger partial charge in [0.25, 0.3) is 0 Å². The molecular weight excluding hydrogens is 172 g/mol. The lowest BCUT2D eigenvalue weighted by atomic mass is 10.2. The minimum absolute atomic E-state index is 0. The summed E-state index contributed by atoms with van der Waals surface area (Å²) in [5.74, 6) is 0. The summed E-state index contributed by atoms with van der Waals surface area (Å²) < 4.78 is 0. The van der Waals surface area contributed by atoms with E-state index in [4.69, 9.17) is 5.73 Å². The fourth-order valence-corrected chi connectivity index (χ4v) is 1.24. The summed E-state index contributed by atoms with van der Waals surface area (Å²) in [6, 6.07) is 10.2. The molecule has 1 aromatic carbocycles. The van der Waals surface area contributed by atoms with E-state index < -0.39 is 0 Å². The Labute approximate surface area is 77.2 Å². The van der Waals surface area contributed by atoms with E-state index in [9.17, 15) is 0 Å². The third-order valence-electron chi connectivity index (χ3n) is 1.81. The molecule has 2 nitrogen and oxygen atoms in total. The summed E-state index contributed by atoms with van der Waals surface area (Å²) >= 11 is 0. The second-order valence-corrected chi connectivity index (χ2v) is 2.59. The molecule has 3 N–H and O–H groups in total. The predicted octanol–water partition coefficient (Wildman–Crippen LogP) is 2.05. The maximum Gasteiger partial charge on any atom is 0.0456 e. The summed E-state index contributed by atoms with van der Waals surface area (Å²) in [4.78, 5) is 3.22. The van der Waals surface area contributed by atoms with Crippen molar-refractivity contribution in [2.75, 3.05) is 0 Å². The number of rotatable bonds is 1. The first-order chi connectivity index (χ1) is 5.40. The van der Waals surface area contributed by atoms with Gasteiger partial charge in [-0.05, 0) is 17.5 Å². The van der Waals surface area contributed by atoms with Crippen molar-refractivity contribution in [2.24, 2.45) is 5.73 Å². The van der Waals surface area contributed by atoms with Gasteiger partial charge in [0.15, 0.2) is 0 Å². The maximum atomic E-state index is 5.48. The molecule has 0 amide bonds. The van der Waals surface area contributed by atoms with Crippen LogP contribution in [0.2, 0.25) is 0 Å². The van der Waals surface area contributed by atoms with Gasteiger partial charge in [0, 0.05) is 17.8 Å². The van der Waals surface area contributed by atoms with Crippen molar-refractivity contribution in [3.63, 3.8) is 0 Å². The summed E-state index contributed by atoms with van der Waals surface area (Å²) in [5.41, 5.74) is 7.73. The molecule has 0 saturated carbocycles. The first-order valence-corrected chi connectivity index (χ1v) is 3.67. The molecule has 12 heavy (non-hydrogen) atoms. The molecular formula is C9H11ClN2. The van der Waals surface area contributed by atoms with Gasteiger partial charge in [-0.25, -0.2) is 0 Å². The molecule has 0 radical (unpaired) electrons. The first-order valence-electron chi connectivity index (χ1n) is 3.67. The van der Waals surface area contributed by atoms with E-state index in [0.717, 1.165) is 11.2 Å². The summed E-state index contributed by atoms with van der Waals surface area (Å²) in [6.45, 7) is 0.578. The Morgan fingerprint density at radius 2 is 2.00 bits per heavy atom. The number of H-pyrrole nitrogens is 1. The molecule has 0 aliphatic rings. The molecule has 0 fully saturated rings. The van der Waals surface area contributed by atoms with E-state index in [1.165, 1.54) is 5.39 Å².